The van der Waals surface area contributed by atoms with Crippen molar-refractivity contribution in [1.82, 2.24) is 0 Å². The number of benzene rings is 1. The van der Waals surface area contributed by atoms with Crippen LogP contribution in [0.4, 0.5) is 10.7 Å². The predicted molar refractivity (Wildman–Crippen MR) is 112 cm³/mol. The molecular formula is C21H24N2O5S. The first-order valence-corrected chi connectivity index (χ1v) is 10.3. The van der Waals surface area contributed by atoms with E-state index in [1.54, 1.807) is 32.9 Å². The van der Waals surface area contributed by atoms with Gasteiger partial charge in [0, 0.05) is 12.3 Å². The van der Waals surface area contributed by atoms with E-state index in [2.05, 4.69) is 10.6 Å². The summed E-state index contributed by atoms with van der Waals surface area (Å²) >= 11 is 1.06. The number of amides is 2. The lowest BCUT2D eigenvalue weighted by molar-refractivity contribution is -0.124. The van der Waals surface area contributed by atoms with Crippen molar-refractivity contribution < 1.29 is 23.9 Å². The maximum Gasteiger partial charge on any atom is 0.341 e. The maximum absolute atomic E-state index is 12.8. The Morgan fingerprint density at radius 1 is 1.17 bits per heavy atom. The second-order valence-electron chi connectivity index (χ2n) is 7.03. The second kappa shape index (κ2) is 9.19. The monoisotopic (exact) mass is 416 g/mol. The Balaban J connectivity index is 1.90. The molecule has 2 aromatic rings. The molecular weight excluding hydrogens is 392 g/mol. The van der Waals surface area contributed by atoms with E-state index in [4.69, 9.17) is 9.47 Å². The van der Waals surface area contributed by atoms with E-state index < -0.39 is 12.1 Å². The molecule has 3 rings (SSSR count). The Morgan fingerprint density at radius 2 is 1.90 bits per heavy atom. The van der Waals surface area contributed by atoms with Crippen LogP contribution in [0.15, 0.2) is 30.3 Å². The van der Waals surface area contributed by atoms with Gasteiger partial charge in [-0.3, -0.25) is 9.59 Å². The van der Waals surface area contributed by atoms with Crippen LogP contribution in [0, 0.1) is 6.92 Å². The van der Waals surface area contributed by atoms with Gasteiger partial charge in [0.1, 0.15) is 11.1 Å². The van der Waals surface area contributed by atoms with E-state index in [0.717, 1.165) is 17.8 Å². The van der Waals surface area contributed by atoms with Crippen LogP contribution in [0.2, 0.25) is 0 Å². The van der Waals surface area contributed by atoms with Crippen molar-refractivity contribution in [3.8, 4) is 0 Å². The highest BCUT2D eigenvalue weighted by atomic mass is 32.1. The molecule has 0 aliphatic carbocycles. The topological polar surface area (TPSA) is 93.7 Å². The van der Waals surface area contributed by atoms with Gasteiger partial charge in [0.25, 0.3) is 11.8 Å². The summed E-state index contributed by atoms with van der Waals surface area (Å²) in [5, 5.41) is 5.87. The number of hydrogen-bond acceptors (Lipinski definition) is 6. The van der Waals surface area contributed by atoms with Crippen LogP contribution in [0.3, 0.4) is 0 Å². The Bertz CT molecular complexity index is 901. The van der Waals surface area contributed by atoms with E-state index in [1.807, 2.05) is 18.2 Å². The zero-order valence-electron chi connectivity index (χ0n) is 16.6. The average molecular weight is 416 g/mol. The molecule has 8 heteroatoms. The number of ether oxygens (including phenoxy) is 2. The van der Waals surface area contributed by atoms with Crippen LogP contribution < -0.4 is 10.6 Å². The third kappa shape index (κ3) is 5.02. The van der Waals surface area contributed by atoms with Gasteiger partial charge in [0.15, 0.2) is 0 Å². The quantitative estimate of drug-likeness (QED) is 0.695. The van der Waals surface area contributed by atoms with Crippen molar-refractivity contribution in [2.24, 2.45) is 0 Å². The smallest absolute Gasteiger partial charge is 0.341 e. The Hall–Kier alpha value is -2.71. The number of para-hydroxylation sites is 1. The molecule has 1 saturated heterocycles. The van der Waals surface area contributed by atoms with E-state index in [9.17, 15) is 14.4 Å². The number of carbonyl (C=O) groups is 3. The first-order valence-electron chi connectivity index (χ1n) is 9.50. The van der Waals surface area contributed by atoms with Gasteiger partial charge in [-0.15, -0.1) is 11.3 Å². The SMILES string of the molecule is Cc1c(C(=O)Nc2ccccc2)sc(NC(=O)[C@@H]2CCCO2)c1C(=O)OC(C)C. The normalized spacial score (nSPS) is 15.9. The summed E-state index contributed by atoms with van der Waals surface area (Å²) in [4.78, 5) is 38.3. The number of rotatable bonds is 6. The van der Waals surface area contributed by atoms with Crippen LogP contribution in [-0.4, -0.2) is 36.6 Å². The Morgan fingerprint density at radius 3 is 2.52 bits per heavy atom. The standard InChI is InChI=1S/C21H24N2O5S/c1-12(2)28-21(26)16-13(3)17(19(25)22-14-8-5-4-6-9-14)29-20(16)23-18(24)15-10-7-11-27-15/h4-6,8-9,12,15H,7,10-11H2,1-3H3,(H,22,25)(H,23,24)/t15-/m0/s1. The van der Waals surface area contributed by atoms with Crippen molar-refractivity contribution in [3.05, 3.63) is 46.3 Å². The molecule has 1 aliphatic rings. The van der Waals surface area contributed by atoms with Gasteiger partial charge in [-0.1, -0.05) is 18.2 Å². The summed E-state index contributed by atoms with van der Waals surface area (Å²) in [5.74, 6) is -1.25. The Kier molecular flexibility index (Phi) is 6.66. The summed E-state index contributed by atoms with van der Waals surface area (Å²) < 4.78 is 10.7. The third-order valence-electron chi connectivity index (χ3n) is 4.39. The molecule has 0 spiro atoms. The highest BCUT2D eigenvalue weighted by Gasteiger charge is 2.30. The molecule has 2 N–H and O–H groups in total. The number of carbonyl (C=O) groups excluding carboxylic acids is 3. The lowest BCUT2D eigenvalue weighted by Gasteiger charge is -2.12. The fourth-order valence-electron chi connectivity index (χ4n) is 3.02. The third-order valence-corrected chi connectivity index (χ3v) is 5.60. The van der Waals surface area contributed by atoms with Crippen LogP contribution in [0.1, 0.15) is 52.3 Å². The van der Waals surface area contributed by atoms with Gasteiger partial charge in [-0.25, -0.2) is 4.79 Å². The maximum atomic E-state index is 12.8. The van der Waals surface area contributed by atoms with Gasteiger partial charge < -0.3 is 20.1 Å². The molecule has 1 fully saturated rings. The minimum Gasteiger partial charge on any atom is -0.459 e. The van der Waals surface area contributed by atoms with Gasteiger partial charge in [-0.2, -0.15) is 0 Å². The van der Waals surface area contributed by atoms with E-state index >= 15 is 0 Å². The molecule has 0 bridgehead atoms. The fourth-order valence-corrected chi connectivity index (χ4v) is 4.12. The molecule has 2 amide bonds. The van der Waals surface area contributed by atoms with Crippen molar-refractivity contribution in [3.63, 3.8) is 0 Å². The van der Waals surface area contributed by atoms with Crippen LogP contribution in [-0.2, 0) is 14.3 Å². The highest BCUT2D eigenvalue weighted by molar-refractivity contribution is 7.19. The minimum atomic E-state index is -0.574. The summed E-state index contributed by atoms with van der Waals surface area (Å²) in [5.41, 5.74) is 1.31. The number of thiophene rings is 1. The first kappa shape index (κ1) is 21.0. The van der Waals surface area contributed by atoms with Crippen molar-refractivity contribution in [1.29, 1.82) is 0 Å². The molecule has 154 valence electrons. The van der Waals surface area contributed by atoms with Crippen molar-refractivity contribution >= 4 is 39.8 Å². The van der Waals surface area contributed by atoms with Gasteiger partial charge in [0.2, 0.25) is 0 Å². The van der Waals surface area contributed by atoms with Gasteiger partial charge >= 0.3 is 5.97 Å². The van der Waals surface area contributed by atoms with Crippen molar-refractivity contribution in [2.45, 2.75) is 45.8 Å². The number of nitrogens with one attached hydrogen (secondary N) is 2. The van der Waals surface area contributed by atoms with E-state index in [-0.39, 0.29) is 23.5 Å². The lowest BCUT2D eigenvalue weighted by Crippen LogP contribution is -2.27. The Labute approximate surface area is 173 Å². The molecule has 29 heavy (non-hydrogen) atoms. The molecule has 0 saturated carbocycles. The van der Waals surface area contributed by atoms with Crippen molar-refractivity contribution in [2.75, 3.05) is 17.2 Å². The number of esters is 1. The number of hydrogen-bond donors (Lipinski definition) is 2. The molecule has 0 unspecified atom stereocenters. The molecule has 1 atom stereocenters. The zero-order valence-corrected chi connectivity index (χ0v) is 17.4. The molecule has 1 aliphatic heterocycles. The molecule has 0 radical (unpaired) electrons. The summed E-state index contributed by atoms with van der Waals surface area (Å²) in [6.07, 6.45) is 0.566. The summed E-state index contributed by atoms with van der Waals surface area (Å²) in [7, 11) is 0. The van der Waals surface area contributed by atoms with Gasteiger partial charge in [0.05, 0.1) is 16.5 Å². The van der Waals surface area contributed by atoms with Crippen LogP contribution >= 0.6 is 11.3 Å². The zero-order chi connectivity index (χ0) is 21.0. The van der Waals surface area contributed by atoms with Crippen LogP contribution in [0.5, 0.6) is 0 Å². The average Bonchev–Trinajstić information content (AvgIpc) is 3.30. The highest BCUT2D eigenvalue weighted by Crippen LogP contribution is 2.35. The lowest BCUT2D eigenvalue weighted by atomic mass is 10.1. The first-order chi connectivity index (χ1) is 13.9. The van der Waals surface area contributed by atoms with Crippen LogP contribution in [0.25, 0.3) is 0 Å². The summed E-state index contributed by atoms with van der Waals surface area (Å²) in [6.45, 7) is 5.70. The van der Waals surface area contributed by atoms with E-state index in [1.165, 1.54) is 0 Å². The molecule has 7 nitrogen and oxygen atoms in total. The molecule has 1 aromatic carbocycles. The minimum absolute atomic E-state index is 0.202. The number of anilines is 2. The molecule has 2 heterocycles. The predicted octanol–water partition coefficient (Wildman–Crippen LogP) is 3.99. The molecule has 1 aromatic heterocycles. The second-order valence-corrected chi connectivity index (χ2v) is 8.05. The largest absolute Gasteiger partial charge is 0.459 e. The fraction of sp³-hybridized carbons (Fsp3) is 0.381. The summed E-state index contributed by atoms with van der Waals surface area (Å²) in [6, 6.07) is 9.03. The van der Waals surface area contributed by atoms with E-state index in [0.29, 0.717) is 34.2 Å². The van der Waals surface area contributed by atoms with Gasteiger partial charge in [-0.05, 0) is 51.3 Å².